The third-order valence-corrected chi connectivity index (χ3v) is 5.16. The first-order valence-electron chi connectivity index (χ1n) is 7.07. The van der Waals surface area contributed by atoms with Gasteiger partial charge in [-0.25, -0.2) is 4.83 Å². The fraction of sp³-hybridized carbons (Fsp3) is 0.438. The maximum Gasteiger partial charge on any atom is 0.276 e. The van der Waals surface area contributed by atoms with Crippen molar-refractivity contribution in [2.45, 2.75) is 44.6 Å². The number of nitrogens with zero attached hydrogens (tertiary/aromatic N) is 1. The van der Waals surface area contributed by atoms with Crippen molar-refractivity contribution < 1.29 is 13.5 Å². The summed E-state index contributed by atoms with van der Waals surface area (Å²) in [6.45, 7) is 5.35. The zero-order valence-electron chi connectivity index (χ0n) is 12.9. The summed E-state index contributed by atoms with van der Waals surface area (Å²) in [6, 6.07) is 6.53. The highest BCUT2D eigenvalue weighted by molar-refractivity contribution is 7.89. The smallest absolute Gasteiger partial charge is 0.276 e. The van der Waals surface area contributed by atoms with Gasteiger partial charge >= 0.3 is 0 Å². The Morgan fingerprint density at radius 1 is 1.36 bits per heavy atom. The molecule has 0 saturated heterocycles. The lowest BCUT2D eigenvalue weighted by Crippen LogP contribution is -2.33. The number of nitrogens with one attached hydrogen (secondary N) is 1. The summed E-state index contributed by atoms with van der Waals surface area (Å²) in [5, 5.41) is 14.1. The van der Waals surface area contributed by atoms with Gasteiger partial charge in [-0.05, 0) is 45.7 Å². The SMILES string of the molecule is CC#C[C@]1(C)/C(=N/NS(=O)(=O)c2ccc(C)cc2)CC[C@@H]1O. The van der Waals surface area contributed by atoms with Gasteiger partial charge in [0.05, 0.1) is 22.1 Å². The Morgan fingerprint density at radius 2 is 2.00 bits per heavy atom. The molecule has 6 heteroatoms. The van der Waals surface area contributed by atoms with Gasteiger partial charge in [0.15, 0.2) is 0 Å². The lowest BCUT2D eigenvalue weighted by Gasteiger charge is -2.22. The standard InChI is InChI=1S/C16H20N2O3S/c1-4-11-16(3)14(9-10-15(16)19)17-18-22(20,21)13-7-5-12(2)6-8-13/h5-8,15,18-19H,9-10H2,1-3H3/b17-14+/t15-,16+/m0/s1. The van der Waals surface area contributed by atoms with Crippen molar-refractivity contribution in [3.63, 3.8) is 0 Å². The number of aliphatic hydroxyl groups excluding tert-OH is 1. The van der Waals surface area contributed by atoms with E-state index in [-0.39, 0.29) is 4.90 Å². The van der Waals surface area contributed by atoms with E-state index in [1.807, 2.05) is 6.92 Å². The second-order valence-corrected chi connectivity index (χ2v) is 7.26. The molecule has 1 fully saturated rings. The molecule has 118 valence electrons. The van der Waals surface area contributed by atoms with Crippen molar-refractivity contribution >= 4 is 15.7 Å². The van der Waals surface area contributed by atoms with Gasteiger partial charge < -0.3 is 5.11 Å². The minimum atomic E-state index is -3.71. The van der Waals surface area contributed by atoms with Gasteiger partial charge in [-0.3, -0.25) is 0 Å². The molecule has 1 aromatic rings. The van der Waals surface area contributed by atoms with Gasteiger partial charge in [0.1, 0.15) is 0 Å². The van der Waals surface area contributed by atoms with Gasteiger partial charge in [-0.2, -0.15) is 13.5 Å². The quantitative estimate of drug-likeness (QED) is 0.658. The minimum absolute atomic E-state index is 0.157. The van der Waals surface area contributed by atoms with E-state index in [1.165, 1.54) is 12.1 Å². The van der Waals surface area contributed by atoms with E-state index in [0.29, 0.717) is 18.6 Å². The number of rotatable bonds is 3. The Hall–Kier alpha value is -1.84. The molecule has 1 aliphatic rings. The number of hydrazone groups is 1. The molecule has 0 bridgehead atoms. The first-order valence-corrected chi connectivity index (χ1v) is 8.55. The summed E-state index contributed by atoms with van der Waals surface area (Å²) >= 11 is 0. The van der Waals surface area contributed by atoms with Crippen LogP contribution in [0.15, 0.2) is 34.3 Å². The van der Waals surface area contributed by atoms with E-state index in [9.17, 15) is 13.5 Å². The van der Waals surface area contributed by atoms with Crippen LogP contribution >= 0.6 is 0 Å². The summed E-state index contributed by atoms with van der Waals surface area (Å²) in [6.07, 6.45) is 0.404. The van der Waals surface area contributed by atoms with E-state index in [4.69, 9.17) is 0 Å². The molecule has 0 heterocycles. The topological polar surface area (TPSA) is 78.8 Å². The molecule has 2 N–H and O–H groups in total. The lowest BCUT2D eigenvalue weighted by molar-refractivity contribution is 0.125. The van der Waals surface area contributed by atoms with E-state index in [0.717, 1.165) is 5.56 Å². The maximum absolute atomic E-state index is 12.2. The highest BCUT2D eigenvalue weighted by atomic mass is 32.2. The van der Waals surface area contributed by atoms with Crippen LogP contribution in [0.4, 0.5) is 0 Å². The molecule has 0 radical (unpaired) electrons. The highest BCUT2D eigenvalue weighted by Gasteiger charge is 2.42. The first-order chi connectivity index (χ1) is 10.3. The summed E-state index contributed by atoms with van der Waals surface area (Å²) < 4.78 is 24.5. The Labute approximate surface area is 131 Å². The molecule has 0 spiro atoms. The second kappa shape index (κ2) is 6.11. The third kappa shape index (κ3) is 3.16. The first kappa shape index (κ1) is 16.5. The Bertz CT molecular complexity index is 742. The van der Waals surface area contributed by atoms with Crippen molar-refractivity contribution in [1.29, 1.82) is 0 Å². The average molecular weight is 320 g/mol. The van der Waals surface area contributed by atoms with Crippen LogP contribution in [0.25, 0.3) is 0 Å². The number of hydrogen-bond acceptors (Lipinski definition) is 4. The molecule has 5 nitrogen and oxygen atoms in total. The van der Waals surface area contributed by atoms with E-state index >= 15 is 0 Å². The van der Waals surface area contributed by atoms with Gasteiger partial charge in [0.2, 0.25) is 0 Å². The second-order valence-electron chi connectivity index (χ2n) is 5.60. The van der Waals surface area contributed by atoms with Crippen LogP contribution < -0.4 is 4.83 Å². The summed E-state index contributed by atoms with van der Waals surface area (Å²) in [7, 11) is -3.71. The molecule has 22 heavy (non-hydrogen) atoms. The normalized spacial score (nSPS) is 26.5. The lowest BCUT2D eigenvalue weighted by atomic mass is 9.86. The summed E-state index contributed by atoms with van der Waals surface area (Å²) in [5.74, 6) is 5.72. The van der Waals surface area contributed by atoms with Crippen LogP contribution in [-0.4, -0.2) is 25.3 Å². The molecule has 2 rings (SSSR count). The molecule has 1 aliphatic carbocycles. The maximum atomic E-state index is 12.2. The van der Waals surface area contributed by atoms with Crippen LogP contribution in [0.3, 0.4) is 0 Å². The average Bonchev–Trinajstić information content (AvgIpc) is 2.73. The Morgan fingerprint density at radius 3 is 2.59 bits per heavy atom. The number of sulfonamides is 1. The Kier molecular flexibility index (Phi) is 4.59. The molecule has 0 aromatic heterocycles. The summed E-state index contributed by atoms with van der Waals surface area (Å²) in [4.78, 5) is 2.41. The van der Waals surface area contributed by atoms with Crippen molar-refractivity contribution in [3.05, 3.63) is 29.8 Å². The van der Waals surface area contributed by atoms with Gasteiger partial charge in [0.25, 0.3) is 10.0 Å². The van der Waals surface area contributed by atoms with Crippen molar-refractivity contribution in [1.82, 2.24) is 4.83 Å². The van der Waals surface area contributed by atoms with Crippen molar-refractivity contribution in [3.8, 4) is 11.8 Å². The van der Waals surface area contributed by atoms with Gasteiger partial charge in [-0.15, -0.1) is 5.92 Å². The molecule has 2 atom stereocenters. The monoisotopic (exact) mass is 320 g/mol. The minimum Gasteiger partial charge on any atom is -0.391 e. The molecule has 1 aromatic carbocycles. The van der Waals surface area contributed by atoms with E-state index < -0.39 is 21.5 Å². The zero-order chi connectivity index (χ0) is 16.4. The van der Waals surface area contributed by atoms with Crippen molar-refractivity contribution in [2.75, 3.05) is 0 Å². The third-order valence-electron chi connectivity index (χ3n) is 3.94. The van der Waals surface area contributed by atoms with Crippen LogP contribution in [0.1, 0.15) is 32.3 Å². The zero-order valence-corrected chi connectivity index (χ0v) is 13.7. The Balaban J connectivity index is 2.26. The largest absolute Gasteiger partial charge is 0.391 e. The fourth-order valence-electron chi connectivity index (χ4n) is 2.49. The molecular weight excluding hydrogens is 300 g/mol. The van der Waals surface area contributed by atoms with Gasteiger partial charge in [-0.1, -0.05) is 23.6 Å². The van der Waals surface area contributed by atoms with Crippen molar-refractivity contribution in [2.24, 2.45) is 10.5 Å². The predicted molar refractivity (Wildman–Crippen MR) is 85.7 cm³/mol. The number of benzene rings is 1. The van der Waals surface area contributed by atoms with Gasteiger partial charge in [0, 0.05) is 0 Å². The fourth-order valence-corrected chi connectivity index (χ4v) is 3.32. The van der Waals surface area contributed by atoms with Crippen LogP contribution in [0.5, 0.6) is 0 Å². The van der Waals surface area contributed by atoms with Crippen LogP contribution in [-0.2, 0) is 10.0 Å². The van der Waals surface area contributed by atoms with E-state index in [1.54, 1.807) is 26.0 Å². The molecule has 1 saturated carbocycles. The molecule has 0 amide bonds. The predicted octanol–water partition coefficient (Wildman–Crippen LogP) is 1.81. The number of hydrogen-bond donors (Lipinski definition) is 2. The van der Waals surface area contributed by atoms with Crippen LogP contribution in [0, 0.1) is 24.2 Å². The van der Waals surface area contributed by atoms with E-state index in [2.05, 4.69) is 21.8 Å². The molecule has 0 aliphatic heterocycles. The highest BCUT2D eigenvalue weighted by Crippen LogP contribution is 2.35. The van der Waals surface area contributed by atoms with Crippen LogP contribution in [0.2, 0.25) is 0 Å². The molecular formula is C16H20N2O3S. The number of aliphatic hydroxyl groups is 1. The molecule has 0 unspecified atom stereocenters. The summed E-state index contributed by atoms with van der Waals surface area (Å²) in [5.41, 5.74) is 0.741. The number of aryl methyl sites for hydroxylation is 1.